The summed E-state index contributed by atoms with van der Waals surface area (Å²) in [6, 6.07) is 0.0183. The number of Topliss-reactive ketones (excluding diaryl/α,β-unsaturated/α-hetero) is 2. The van der Waals surface area contributed by atoms with Crippen molar-refractivity contribution < 1.29 is 19.8 Å². The number of hydrogen-bond acceptors (Lipinski definition) is 5. The lowest BCUT2D eigenvalue weighted by atomic mass is 9.39. The summed E-state index contributed by atoms with van der Waals surface area (Å²) < 4.78 is 0. The lowest BCUT2D eigenvalue weighted by molar-refractivity contribution is -0.240. The van der Waals surface area contributed by atoms with Crippen LogP contribution in [0, 0.1) is 39.9 Å². The topological polar surface area (TPSA) is 77.8 Å². The molecule has 0 aromatic carbocycles. The molecule has 5 heteroatoms. The molecule has 10 atom stereocenters. The molecule has 0 aromatic heterocycles. The highest BCUT2D eigenvalue weighted by Crippen LogP contribution is 2.81. The number of likely N-dealkylation sites (tertiary alicyclic amines) is 1. The Hall–Kier alpha value is -1.04. The van der Waals surface area contributed by atoms with Crippen LogP contribution < -0.4 is 0 Å². The molecule has 26 heavy (non-hydrogen) atoms. The monoisotopic (exact) mass is 357 g/mol. The van der Waals surface area contributed by atoms with Crippen molar-refractivity contribution in [3.8, 4) is 0 Å². The van der Waals surface area contributed by atoms with E-state index in [0.29, 0.717) is 25.2 Å². The Morgan fingerprint density at radius 3 is 2.69 bits per heavy atom. The van der Waals surface area contributed by atoms with Gasteiger partial charge in [0.2, 0.25) is 0 Å². The summed E-state index contributed by atoms with van der Waals surface area (Å²) in [6.45, 7) is 6.74. The molecule has 6 aliphatic carbocycles. The summed E-state index contributed by atoms with van der Waals surface area (Å²) in [6.07, 6.45) is 0.786. The Morgan fingerprint density at radius 2 is 1.96 bits per heavy atom. The second-order valence-corrected chi connectivity index (χ2v) is 10.6. The summed E-state index contributed by atoms with van der Waals surface area (Å²) in [7, 11) is 2.05. The van der Waals surface area contributed by atoms with Crippen LogP contribution >= 0.6 is 0 Å². The van der Waals surface area contributed by atoms with Crippen LogP contribution in [0.5, 0.6) is 0 Å². The zero-order valence-electron chi connectivity index (χ0n) is 15.4. The van der Waals surface area contributed by atoms with Gasteiger partial charge in [-0.3, -0.25) is 9.59 Å². The summed E-state index contributed by atoms with van der Waals surface area (Å²) in [5.74, 6) is 0.382. The van der Waals surface area contributed by atoms with Crippen molar-refractivity contribution in [3.63, 3.8) is 0 Å². The zero-order chi connectivity index (χ0) is 18.4. The number of rotatable bonds is 0. The van der Waals surface area contributed by atoms with Crippen molar-refractivity contribution in [2.75, 3.05) is 13.6 Å². The maximum absolute atomic E-state index is 13.5. The van der Waals surface area contributed by atoms with Gasteiger partial charge in [-0.15, -0.1) is 0 Å². The van der Waals surface area contributed by atoms with Crippen molar-refractivity contribution in [1.29, 1.82) is 0 Å². The molecule has 0 amide bonds. The SMILES string of the molecule is C=C1CC23CC(=O)[C@@H]4[C@@]5(C)CN(C)[C@@H]6[C@H]2C(=O)[C@H]1C[C@H]3[C@]46C[C@@H](O)[C@H]5O. The first-order chi connectivity index (χ1) is 12.2. The third kappa shape index (κ3) is 1.28. The second-order valence-electron chi connectivity index (χ2n) is 10.6. The maximum atomic E-state index is 13.5. The standard InChI is InChI=1S/C21H27NO4/c1-9-5-20-6-11(23)16-19(2)8-22(3)17-14(20)15(25)10(9)4-13(20)21(16,17)7-12(24)18(19)26/h10,12-14,16-18,24,26H,1,4-8H2,2-3H3/t10-,12+,13+,14+,16+,17+,18+,19+,20?,21+/m0/s1. The highest BCUT2D eigenvalue weighted by atomic mass is 16.3. The van der Waals surface area contributed by atoms with Gasteiger partial charge in [-0.05, 0) is 37.6 Å². The lowest BCUT2D eigenvalue weighted by Crippen LogP contribution is -2.74. The van der Waals surface area contributed by atoms with Gasteiger partial charge in [-0.2, -0.15) is 0 Å². The maximum Gasteiger partial charge on any atom is 0.145 e. The number of aliphatic hydroxyl groups excluding tert-OH is 2. The third-order valence-electron chi connectivity index (χ3n) is 9.69. The molecule has 2 spiro atoms. The van der Waals surface area contributed by atoms with E-state index in [1.807, 2.05) is 6.92 Å². The first kappa shape index (κ1) is 16.0. The molecular weight excluding hydrogens is 330 g/mol. The van der Waals surface area contributed by atoms with E-state index < -0.39 is 17.6 Å². The fourth-order valence-corrected chi connectivity index (χ4v) is 9.52. The summed E-state index contributed by atoms with van der Waals surface area (Å²) >= 11 is 0. The number of carbonyl (C=O) groups is 2. The molecule has 1 unspecified atom stereocenters. The second kappa shape index (κ2) is 4.18. The fraction of sp³-hybridized carbons (Fsp3) is 0.810. The van der Waals surface area contributed by atoms with Crippen LogP contribution in [0.1, 0.15) is 32.6 Å². The number of fused-ring (bicyclic) bond motifs is 1. The van der Waals surface area contributed by atoms with Crippen LogP contribution in [0.3, 0.4) is 0 Å². The molecule has 0 aromatic rings. The van der Waals surface area contributed by atoms with E-state index in [0.717, 1.165) is 18.4 Å². The molecule has 1 heterocycles. The van der Waals surface area contributed by atoms with Gasteiger partial charge in [0.05, 0.1) is 12.2 Å². The van der Waals surface area contributed by atoms with E-state index in [2.05, 4.69) is 18.5 Å². The smallest absolute Gasteiger partial charge is 0.145 e. The molecular formula is C21H27NO4. The van der Waals surface area contributed by atoms with E-state index in [-0.39, 0.29) is 46.3 Å². The Morgan fingerprint density at radius 1 is 1.23 bits per heavy atom. The number of allylic oxidation sites excluding steroid dienone is 1. The van der Waals surface area contributed by atoms with Gasteiger partial charge in [-0.25, -0.2) is 0 Å². The van der Waals surface area contributed by atoms with Gasteiger partial charge in [0.15, 0.2) is 0 Å². The highest BCUT2D eigenvalue weighted by molar-refractivity contribution is 5.95. The largest absolute Gasteiger partial charge is 0.390 e. The average molecular weight is 357 g/mol. The predicted octanol–water partition coefficient (Wildman–Crippen LogP) is 0.789. The van der Waals surface area contributed by atoms with Crippen LogP contribution in [0.2, 0.25) is 0 Å². The number of carbonyl (C=O) groups excluding carboxylic acids is 2. The molecule has 7 aliphatic rings. The molecule has 7 fully saturated rings. The first-order valence-corrected chi connectivity index (χ1v) is 9.99. The quantitative estimate of drug-likeness (QED) is 0.627. The number of ketones is 2. The Balaban J connectivity index is 1.67. The van der Waals surface area contributed by atoms with Gasteiger partial charge < -0.3 is 15.1 Å². The van der Waals surface area contributed by atoms with E-state index in [1.54, 1.807) is 0 Å². The molecule has 7 rings (SSSR count). The zero-order valence-corrected chi connectivity index (χ0v) is 15.4. The van der Waals surface area contributed by atoms with Crippen LogP contribution in [-0.2, 0) is 9.59 Å². The number of nitrogens with zero attached hydrogens (tertiary/aromatic N) is 1. The van der Waals surface area contributed by atoms with Crippen molar-refractivity contribution in [2.45, 2.75) is 50.9 Å². The summed E-state index contributed by atoms with van der Waals surface area (Å²) in [5.41, 5.74) is -0.280. The van der Waals surface area contributed by atoms with Gasteiger partial charge in [0, 0.05) is 47.6 Å². The normalized spacial score (nSPS) is 62.8. The van der Waals surface area contributed by atoms with Gasteiger partial charge in [0.1, 0.15) is 11.6 Å². The average Bonchev–Trinajstić information content (AvgIpc) is 2.64. The van der Waals surface area contributed by atoms with Crippen LogP contribution in [-0.4, -0.2) is 58.5 Å². The van der Waals surface area contributed by atoms with Crippen molar-refractivity contribution in [3.05, 3.63) is 12.2 Å². The van der Waals surface area contributed by atoms with E-state index in [1.165, 1.54) is 0 Å². The van der Waals surface area contributed by atoms with Crippen molar-refractivity contribution >= 4 is 11.6 Å². The Labute approximate surface area is 153 Å². The minimum atomic E-state index is -0.886. The van der Waals surface area contributed by atoms with E-state index in [4.69, 9.17) is 0 Å². The molecule has 1 saturated heterocycles. The molecule has 5 nitrogen and oxygen atoms in total. The predicted molar refractivity (Wildman–Crippen MR) is 93.0 cm³/mol. The van der Waals surface area contributed by atoms with E-state index >= 15 is 0 Å². The van der Waals surface area contributed by atoms with Crippen LogP contribution in [0.4, 0.5) is 0 Å². The van der Waals surface area contributed by atoms with Crippen molar-refractivity contribution in [1.82, 2.24) is 4.90 Å². The fourth-order valence-electron chi connectivity index (χ4n) is 9.52. The van der Waals surface area contributed by atoms with Gasteiger partial charge >= 0.3 is 0 Å². The molecule has 1 aliphatic heterocycles. The van der Waals surface area contributed by atoms with Gasteiger partial charge in [0.25, 0.3) is 0 Å². The van der Waals surface area contributed by atoms with Gasteiger partial charge in [-0.1, -0.05) is 19.1 Å². The molecule has 140 valence electrons. The molecule has 2 N–H and O–H groups in total. The molecule has 6 saturated carbocycles. The minimum absolute atomic E-state index is 0.0183. The van der Waals surface area contributed by atoms with E-state index in [9.17, 15) is 19.8 Å². The first-order valence-electron chi connectivity index (χ1n) is 9.99. The number of hydrogen-bond donors (Lipinski definition) is 2. The van der Waals surface area contributed by atoms with Crippen LogP contribution in [0.25, 0.3) is 0 Å². The minimum Gasteiger partial charge on any atom is -0.390 e. The lowest BCUT2D eigenvalue weighted by Gasteiger charge is -2.67. The Kier molecular flexibility index (Phi) is 2.57. The summed E-state index contributed by atoms with van der Waals surface area (Å²) in [4.78, 5) is 29.2. The Bertz CT molecular complexity index is 793. The van der Waals surface area contributed by atoms with Crippen molar-refractivity contribution in [2.24, 2.45) is 39.9 Å². The number of aliphatic hydroxyl groups is 2. The number of piperidine rings is 1. The highest BCUT2D eigenvalue weighted by Gasteiger charge is 2.84. The third-order valence-corrected chi connectivity index (χ3v) is 9.69. The van der Waals surface area contributed by atoms with Crippen LogP contribution in [0.15, 0.2) is 12.2 Å². The molecule has 0 radical (unpaired) electrons. The molecule has 6 bridgehead atoms. The summed E-state index contributed by atoms with van der Waals surface area (Å²) in [5, 5.41) is 21.7.